The molecule has 0 amide bonds. The van der Waals surface area contributed by atoms with Gasteiger partial charge in [-0.05, 0) is 31.3 Å². The summed E-state index contributed by atoms with van der Waals surface area (Å²) in [6.07, 6.45) is -3.93. The molecule has 1 aromatic heterocycles. The molecule has 4 nitrogen and oxygen atoms in total. The zero-order valence-electron chi connectivity index (χ0n) is 12.3. The van der Waals surface area contributed by atoms with Gasteiger partial charge >= 0.3 is 6.18 Å². The molecule has 1 fully saturated rings. The normalized spacial score (nSPS) is 26.7. The largest absolute Gasteiger partial charge is 0.417 e. The quantitative estimate of drug-likeness (QED) is 0.826. The van der Waals surface area contributed by atoms with E-state index < -0.39 is 23.1 Å². The van der Waals surface area contributed by atoms with Crippen molar-refractivity contribution in [2.75, 3.05) is 11.9 Å². The van der Waals surface area contributed by atoms with Crippen molar-refractivity contribution in [3.63, 3.8) is 0 Å². The van der Waals surface area contributed by atoms with Crippen LogP contribution in [0.3, 0.4) is 0 Å². The monoisotopic (exact) mass is 309 g/mol. The van der Waals surface area contributed by atoms with Crippen LogP contribution in [0.1, 0.15) is 19.4 Å². The summed E-state index contributed by atoms with van der Waals surface area (Å²) in [5.74, 6) is 0.158. The highest BCUT2D eigenvalue weighted by molar-refractivity contribution is 6.42. The van der Waals surface area contributed by atoms with Gasteiger partial charge in [0, 0.05) is 18.8 Å². The topological polar surface area (TPSA) is 46.2 Å². The third-order valence-corrected chi connectivity index (χ3v) is 3.49. The van der Waals surface area contributed by atoms with Crippen molar-refractivity contribution in [1.82, 2.24) is 10.3 Å². The molecule has 1 aliphatic heterocycles. The molecule has 22 heavy (non-hydrogen) atoms. The van der Waals surface area contributed by atoms with Crippen LogP contribution in [0.15, 0.2) is 18.3 Å². The van der Waals surface area contributed by atoms with E-state index in [-0.39, 0.29) is 18.0 Å². The Morgan fingerprint density at radius 2 is 2.00 bits per heavy atom. The number of alkyl halides is 3. The molecule has 9 heteroatoms. The number of hydrogen-bond donors (Lipinski definition) is 2. The van der Waals surface area contributed by atoms with Gasteiger partial charge in [0.05, 0.1) is 33.5 Å². The number of aromatic nitrogens is 1. The molecule has 2 rings (SSSR count). The van der Waals surface area contributed by atoms with E-state index in [9.17, 15) is 13.2 Å². The molecule has 0 saturated carbocycles. The molecule has 2 N–H and O–H groups in total. The van der Waals surface area contributed by atoms with Crippen LogP contribution in [0.25, 0.3) is 0 Å². The number of nitrogens with one attached hydrogen (secondary N) is 2. The third-order valence-electron chi connectivity index (χ3n) is 3.49. The molecule has 2 heterocycles. The van der Waals surface area contributed by atoms with E-state index in [1.165, 1.54) is 6.07 Å². The van der Waals surface area contributed by atoms with Crippen molar-refractivity contribution in [2.45, 2.75) is 43.6 Å². The Balaban J connectivity index is 2.08. The Morgan fingerprint density at radius 3 is 2.50 bits per heavy atom. The van der Waals surface area contributed by atoms with Gasteiger partial charge in [0.1, 0.15) is 5.82 Å². The van der Waals surface area contributed by atoms with Gasteiger partial charge < -0.3 is 15.4 Å². The molecule has 1 aromatic rings. The number of pyridine rings is 1. The molecule has 0 bridgehead atoms. The zero-order valence-corrected chi connectivity index (χ0v) is 12.3. The Bertz CT molecular complexity index is 510. The van der Waals surface area contributed by atoms with Crippen LogP contribution < -0.4 is 10.6 Å². The highest BCUT2D eigenvalue weighted by atomic mass is 19.4. The molecular weight excluding hydrogens is 293 g/mol. The molecule has 3 atom stereocenters. The second kappa shape index (κ2) is 6.12. The molecular formula is C13H16B2F3N3O. The molecule has 0 spiro atoms. The van der Waals surface area contributed by atoms with E-state index in [1.807, 2.05) is 13.8 Å². The minimum atomic E-state index is -4.43. The van der Waals surface area contributed by atoms with Crippen LogP contribution in [0.5, 0.6) is 0 Å². The van der Waals surface area contributed by atoms with Crippen LogP contribution in [-0.2, 0) is 10.9 Å². The minimum absolute atomic E-state index is 0.0336. The molecule has 3 unspecified atom stereocenters. The van der Waals surface area contributed by atoms with Gasteiger partial charge in [-0.25, -0.2) is 4.98 Å². The first-order valence-electron chi connectivity index (χ1n) is 6.87. The third kappa shape index (κ3) is 3.95. The second-order valence-electron chi connectivity index (χ2n) is 5.53. The number of nitrogens with zero attached hydrogens (tertiary/aromatic N) is 1. The van der Waals surface area contributed by atoms with Crippen molar-refractivity contribution >= 4 is 21.5 Å². The van der Waals surface area contributed by atoms with Crippen molar-refractivity contribution < 1.29 is 17.9 Å². The summed E-state index contributed by atoms with van der Waals surface area (Å²) < 4.78 is 43.2. The van der Waals surface area contributed by atoms with Crippen molar-refractivity contribution in [3.8, 4) is 0 Å². The minimum Gasteiger partial charge on any atom is -0.380 e. The number of hydrogen-bond acceptors (Lipinski definition) is 4. The number of ether oxygens (including phenoxy) is 1. The van der Waals surface area contributed by atoms with Crippen molar-refractivity contribution in [1.29, 1.82) is 0 Å². The maximum absolute atomic E-state index is 12.5. The van der Waals surface area contributed by atoms with E-state index in [0.29, 0.717) is 6.54 Å². The summed E-state index contributed by atoms with van der Waals surface area (Å²) in [7, 11) is 12.1. The highest BCUT2D eigenvalue weighted by Crippen LogP contribution is 2.29. The highest BCUT2D eigenvalue weighted by Gasteiger charge is 2.37. The molecule has 0 aromatic carbocycles. The Morgan fingerprint density at radius 1 is 1.32 bits per heavy atom. The van der Waals surface area contributed by atoms with Gasteiger partial charge in [0.2, 0.25) is 0 Å². The van der Waals surface area contributed by atoms with E-state index in [2.05, 4.69) is 15.6 Å². The summed E-state index contributed by atoms with van der Waals surface area (Å²) >= 11 is 0. The number of anilines is 1. The van der Waals surface area contributed by atoms with Crippen LogP contribution in [0, 0.1) is 0 Å². The van der Waals surface area contributed by atoms with E-state index >= 15 is 0 Å². The lowest BCUT2D eigenvalue weighted by Crippen LogP contribution is -2.66. The van der Waals surface area contributed by atoms with E-state index in [0.717, 1.165) is 12.3 Å². The second-order valence-corrected chi connectivity index (χ2v) is 5.53. The van der Waals surface area contributed by atoms with E-state index in [1.54, 1.807) is 0 Å². The fourth-order valence-electron chi connectivity index (χ4n) is 2.44. The molecule has 1 aliphatic rings. The van der Waals surface area contributed by atoms with Crippen LogP contribution in [0.4, 0.5) is 19.0 Å². The lowest BCUT2D eigenvalue weighted by atomic mass is 9.56. The Hall–Kier alpha value is -1.21. The Labute approximate surface area is 130 Å². The standard InChI is InChI=1S/C13H16B2F3N3O/c1-7-5-20-11(8(2)22-7)12(14,15)21-10-4-3-9(6-19-10)13(16,17)18/h3-4,6-8,11,20H,5H2,1-2H3,(H,19,21). The number of morpholine rings is 1. The van der Waals surface area contributed by atoms with Crippen molar-refractivity contribution in [2.24, 2.45) is 0 Å². The fourth-order valence-corrected chi connectivity index (χ4v) is 2.44. The van der Waals surface area contributed by atoms with Gasteiger partial charge in [-0.1, -0.05) is 0 Å². The van der Waals surface area contributed by atoms with Gasteiger partial charge in [-0.2, -0.15) is 13.2 Å². The van der Waals surface area contributed by atoms with Gasteiger partial charge in [-0.3, -0.25) is 0 Å². The average molecular weight is 309 g/mol. The maximum atomic E-state index is 12.5. The Kier molecular flexibility index (Phi) is 4.77. The van der Waals surface area contributed by atoms with E-state index in [4.69, 9.17) is 20.4 Å². The summed E-state index contributed by atoms with van der Waals surface area (Å²) in [5, 5.41) is 4.49. The van der Waals surface area contributed by atoms with Crippen molar-refractivity contribution in [3.05, 3.63) is 23.9 Å². The lowest BCUT2D eigenvalue weighted by Gasteiger charge is -2.45. The molecule has 116 valence electrons. The first kappa shape index (κ1) is 17.1. The average Bonchev–Trinajstić information content (AvgIpc) is 2.37. The SMILES string of the molecule is [B]C([B])(Nc1ccc(C(F)(F)F)cn1)C1NCC(C)OC1C. The van der Waals surface area contributed by atoms with Crippen LogP contribution in [-0.4, -0.2) is 50.8 Å². The predicted molar refractivity (Wildman–Crippen MR) is 78.9 cm³/mol. The summed E-state index contributed by atoms with van der Waals surface area (Å²) in [5.41, 5.74) is -0.834. The first-order valence-corrected chi connectivity index (χ1v) is 6.87. The van der Waals surface area contributed by atoms with Gasteiger partial charge in [0.15, 0.2) is 0 Å². The molecule has 0 aliphatic carbocycles. The molecule has 4 radical (unpaired) electrons. The summed E-state index contributed by atoms with van der Waals surface area (Å²) in [4.78, 5) is 3.71. The fraction of sp³-hybridized carbons (Fsp3) is 0.615. The van der Waals surface area contributed by atoms with Gasteiger partial charge in [0.25, 0.3) is 0 Å². The lowest BCUT2D eigenvalue weighted by molar-refractivity contribution is -0.137. The number of halogens is 3. The van der Waals surface area contributed by atoms with Gasteiger partial charge in [-0.15, -0.1) is 0 Å². The molecule has 1 saturated heterocycles. The smallest absolute Gasteiger partial charge is 0.380 e. The predicted octanol–water partition coefficient (Wildman–Crippen LogP) is 1.27. The van der Waals surface area contributed by atoms with Crippen LogP contribution in [0.2, 0.25) is 0 Å². The zero-order chi connectivity index (χ0) is 16.5. The van der Waals surface area contributed by atoms with Crippen LogP contribution >= 0.6 is 0 Å². The summed E-state index contributed by atoms with van der Waals surface area (Å²) in [6.45, 7) is 4.32. The number of rotatable bonds is 3. The maximum Gasteiger partial charge on any atom is 0.417 e. The summed E-state index contributed by atoms with van der Waals surface area (Å²) in [6, 6.07) is 1.68. The first-order chi connectivity index (χ1) is 10.1.